The molecule has 0 saturated carbocycles. The molecule has 0 aromatic carbocycles. The van der Waals surface area contributed by atoms with E-state index in [0.717, 1.165) is 5.56 Å². The summed E-state index contributed by atoms with van der Waals surface area (Å²) in [5.41, 5.74) is 0.976. The molecule has 0 aliphatic carbocycles. The molecule has 0 radical (unpaired) electrons. The fourth-order valence-electron chi connectivity index (χ4n) is 1.41. The lowest BCUT2D eigenvalue weighted by Gasteiger charge is -2.18. The molecule has 1 aromatic heterocycles. The van der Waals surface area contributed by atoms with E-state index in [4.69, 9.17) is 0 Å². The van der Waals surface area contributed by atoms with Crippen molar-refractivity contribution in [1.82, 2.24) is 9.88 Å². The topological polar surface area (TPSA) is 62.3 Å². The van der Waals surface area contributed by atoms with Crippen LogP contribution in [0.2, 0.25) is 0 Å². The zero-order chi connectivity index (χ0) is 14.3. The summed E-state index contributed by atoms with van der Waals surface area (Å²) in [5.74, 6) is -1.01. The quantitative estimate of drug-likeness (QED) is 0.644. The Bertz CT molecular complexity index is 470. The van der Waals surface area contributed by atoms with Gasteiger partial charge in [0.05, 0.1) is 0 Å². The van der Waals surface area contributed by atoms with Crippen LogP contribution in [0, 0.1) is 6.92 Å². The molecule has 0 unspecified atom stereocenters. The maximum Gasteiger partial charge on any atom is 0.315 e. The lowest BCUT2D eigenvalue weighted by atomic mass is 10.3. The average Bonchev–Trinajstić information content (AvgIpc) is 2.40. The number of anilines is 1. The van der Waals surface area contributed by atoms with Gasteiger partial charge in [0.1, 0.15) is 5.82 Å². The number of hydrogen-bond acceptors (Lipinski definition) is 3. The molecule has 0 aliphatic rings. The predicted molar refractivity (Wildman–Crippen MR) is 74.6 cm³/mol. The highest BCUT2D eigenvalue weighted by molar-refractivity contribution is 6.39. The maximum absolute atomic E-state index is 11.9. The van der Waals surface area contributed by atoms with Gasteiger partial charge in [-0.25, -0.2) is 4.98 Å². The van der Waals surface area contributed by atoms with Crippen LogP contribution < -0.4 is 5.32 Å². The third-order valence-electron chi connectivity index (χ3n) is 2.33. The van der Waals surface area contributed by atoms with Gasteiger partial charge in [-0.2, -0.15) is 0 Å². The minimum Gasteiger partial charge on any atom is -0.327 e. The number of aryl methyl sites for hydroxylation is 1. The number of carbonyl (C=O) groups is 2. The Labute approximate surface area is 112 Å². The fraction of sp³-hybridized carbons (Fsp3) is 0.214. The molecule has 0 spiro atoms. The SMILES string of the molecule is C=CCN(CC=C)C(=O)C(=O)Nc1ccc(C)cn1. The summed E-state index contributed by atoms with van der Waals surface area (Å²) < 4.78 is 0. The van der Waals surface area contributed by atoms with Crippen molar-refractivity contribution < 1.29 is 9.59 Å². The van der Waals surface area contributed by atoms with Crippen molar-refractivity contribution >= 4 is 17.6 Å². The average molecular weight is 259 g/mol. The van der Waals surface area contributed by atoms with Gasteiger partial charge in [-0.1, -0.05) is 18.2 Å². The molecular formula is C14H17N3O2. The number of rotatable bonds is 5. The Morgan fingerprint density at radius 2 is 1.95 bits per heavy atom. The van der Waals surface area contributed by atoms with E-state index in [2.05, 4.69) is 23.5 Å². The highest BCUT2D eigenvalue weighted by Gasteiger charge is 2.20. The van der Waals surface area contributed by atoms with Gasteiger partial charge in [-0.3, -0.25) is 9.59 Å². The number of pyridine rings is 1. The van der Waals surface area contributed by atoms with E-state index in [0.29, 0.717) is 18.9 Å². The summed E-state index contributed by atoms with van der Waals surface area (Å²) in [6.07, 6.45) is 4.73. The van der Waals surface area contributed by atoms with E-state index in [1.807, 2.05) is 6.92 Å². The summed E-state index contributed by atoms with van der Waals surface area (Å²) in [6.45, 7) is 9.56. The fourth-order valence-corrected chi connectivity index (χ4v) is 1.41. The molecule has 0 fully saturated rings. The number of hydrogen-bond donors (Lipinski definition) is 1. The Morgan fingerprint density at radius 1 is 1.32 bits per heavy atom. The first-order valence-corrected chi connectivity index (χ1v) is 5.83. The number of nitrogens with zero attached hydrogens (tertiary/aromatic N) is 2. The standard InChI is InChI=1S/C14H17N3O2/c1-4-8-17(9-5-2)14(19)13(18)16-12-7-6-11(3)10-15-12/h4-7,10H,1-2,8-9H2,3H3,(H,15,16,18). The third kappa shape index (κ3) is 4.39. The van der Waals surface area contributed by atoms with E-state index in [9.17, 15) is 9.59 Å². The van der Waals surface area contributed by atoms with Crippen LogP contribution >= 0.6 is 0 Å². The van der Waals surface area contributed by atoms with Crippen molar-refractivity contribution in [1.29, 1.82) is 0 Å². The first-order valence-electron chi connectivity index (χ1n) is 5.83. The normalized spacial score (nSPS) is 9.53. The Morgan fingerprint density at radius 3 is 2.42 bits per heavy atom. The van der Waals surface area contributed by atoms with Crippen LogP contribution in [-0.2, 0) is 9.59 Å². The van der Waals surface area contributed by atoms with Crippen molar-refractivity contribution in [3.8, 4) is 0 Å². The van der Waals surface area contributed by atoms with Gasteiger partial charge in [0.2, 0.25) is 0 Å². The zero-order valence-electron chi connectivity index (χ0n) is 10.9. The summed E-state index contributed by atoms with van der Waals surface area (Å²) in [5, 5.41) is 2.46. The van der Waals surface area contributed by atoms with Gasteiger partial charge in [0, 0.05) is 19.3 Å². The van der Waals surface area contributed by atoms with Crippen molar-refractivity contribution in [2.24, 2.45) is 0 Å². The predicted octanol–water partition coefficient (Wildman–Crippen LogP) is 1.53. The van der Waals surface area contributed by atoms with Gasteiger partial charge < -0.3 is 10.2 Å². The van der Waals surface area contributed by atoms with Gasteiger partial charge in [-0.15, -0.1) is 13.2 Å². The molecule has 1 N–H and O–H groups in total. The molecule has 5 nitrogen and oxygen atoms in total. The van der Waals surface area contributed by atoms with Crippen LogP contribution in [-0.4, -0.2) is 34.8 Å². The number of carbonyl (C=O) groups excluding carboxylic acids is 2. The van der Waals surface area contributed by atoms with Gasteiger partial charge >= 0.3 is 11.8 Å². The number of nitrogens with one attached hydrogen (secondary N) is 1. The summed E-state index contributed by atoms with van der Waals surface area (Å²) >= 11 is 0. The van der Waals surface area contributed by atoms with Crippen molar-refractivity contribution in [2.75, 3.05) is 18.4 Å². The smallest absolute Gasteiger partial charge is 0.315 e. The van der Waals surface area contributed by atoms with E-state index in [1.54, 1.807) is 30.5 Å². The van der Waals surface area contributed by atoms with Crippen molar-refractivity contribution in [2.45, 2.75) is 6.92 Å². The van der Waals surface area contributed by atoms with Crippen molar-refractivity contribution in [3.63, 3.8) is 0 Å². The Kier molecular flexibility index (Phi) is 5.47. The molecule has 100 valence electrons. The largest absolute Gasteiger partial charge is 0.327 e. The lowest BCUT2D eigenvalue weighted by molar-refractivity contribution is -0.142. The molecule has 2 amide bonds. The van der Waals surface area contributed by atoms with Crippen LogP contribution in [0.15, 0.2) is 43.6 Å². The van der Waals surface area contributed by atoms with E-state index >= 15 is 0 Å². The third-order valence-corrected chi connectivity index (χ3v) is 2.33. The molecule has 1 aromatic rings. The highest BCUT2D eigenvalue weighted by atomic mass is 16.2. The monoisotopic (exact) mass is 259 g/mol. The van der Waals surface area contributed by atoms with Gasteiger partial charge in [0.25, 0.3) is 0 Å². The molecule has 19 heavy (non-hydrogen) atoms. The van der Waals surface area contributed by atoms with E-state index in [-0.39, 0.29) is 0 Å². The maximum atomic E-state index is 11.9. The molecule has 0 aliphatic heterocycles. The molecule has 1 rings (SSSR count). The second-order valence-corrected chi connectivity index (χ2v) is 3.96. The van der Waals surface area contributed by atoms with Crippen LogP contribution in [0.1, 0.15) is 5.56 Å². The summed E-state index contributed by atoms with van der Waals surface area (Å²) in [6, 6.07) is 3.45. The van der Waals surface area contributed by atoms with Crippen LogP contribution in [0.5, 0.6) is 0 Å². The van der Waals surface area contributed by atoms with Crippen LogP contribution in [0.4, 0.5) is 5.82 Å². The van der Waals surface area contributed by atoms with Crippen molar-refractivity contribution in [3.05, 3.63) is 49.2 Å². The van der Waals surface area contributed by atoms with Crippen LogP contribution in [0.3, 0.4) is 0 Å². The molecule has 1 heterocycles. The number of aromatic nitrogens is 1. The van der Waals surface area contributed by atoms with E-state index in [1.165, 1.54) is 4.90 Å². The summed E-state index contributed by atoms with van der Waals surface area (Å²) in [4.78, 5) is 29.0. The molecule has 5 heteroatoms. The minimum atomic E-state index is -0.722. The second-order valence-electron chi connectivity index (χ2n) is 3.96. The second kappa shape index (κ2) is 7.10. The zero-order valence-corrected chi connectivity index (χ0v) is 10.9. The lowest BCUT2D eigenvalue weighted by Crippen LogP contribution is -2.40. The first-order chi connectivity index (χ1) is 9.08. The Hall–Kier alpha value is -2.43. The molecular weight excluding hydrogens is 242 g/mol. The molecule has 0 saturated heterocycles. The first kappa shape index (κ1) is 14.6. The Balaban J connectivity index is 2.70. The van der Waals surface area contributed by atoms with Gasteiger partial charge in [0.15, 0.2) is 0 Å². The van der Waals surface area contributed by atoms with Gasteiger partial charge in [-0.05, 0) is 18.6 Å². The summed E-state index contributed by atoms with van der Waals surface area (Å²) in [7, 11) is 0. The molecule has 0 atom stereocenters. The number of amides is 2. The van der Waals surface area contributed by atoms with E-state index < -0.39 is 11.8 Å². The molecule has 0 bridgehead atoms. The van der Waals surface area contributed by atoms with Crippen LogP contribution in [0.25, 0.3) is 0 Å². The minimum absolute atomic E-state index is 0.291. The highest BCUT2D eigenvalue weighted by Crippen LogP contribution is 2.04.